The van der Waals surface area contributed by atoms with Crippen molar-refractivity contribution >= 4 is 0 Å². The van der Waals surface area contributed by atoms with Gasteiger partial charge in [-0.3, -0.25) is 0 Å². The van der Waals surface area contributed by atoms with Gasteiger partial charge in [0.15, 0.2) is 5.92 Å². The molecule has 15 heavy (non-hydrogen) atoms. The van der Waals surface area contributed by atoms with Crippen molar-refractivity contribution in [3.8, 4) is 17.9 Å². The van der Waals surface area contributed by atoms with Gasteiger partial charge in [0.2, 0.25) is 0 Å². The summed E-state index contributed by atoms with van der Waals surface area (Å²) in [6, 6.07) is 10.7. The Morgan fingerprint density at radius 1 is 1.27 bits per heavy atom. The molecule has 0 radical (unpaired) electrons. The van der Waals surface area contributed by atoms with Crippen LogP contribution in [0.2, 0.25) is 0 Å². The fraction of sp³-hybridized carbons (Fsp3) is 0.167. The first-order valence-electron chi connectivity index (χ1n) is 4.44. The van der Waals surface area contributed by atoms with Gasteiger partial charge in [-0.1, -0.05) is 24.8 Å². The number of benzene rings is 1. The van der Waals surface area contributed by atoms with E-state index >= 15 is 0 Å². The predicted octanol–water partition coefficient (Wildman–Crippen LogP) is 2.38. The Morgan fingerprint density at radius 2 is 1.87 bits per heavy atom. The van der Waals surface area contributed by atoms with E-state index in [1.165, 1.54) is 0 Å². The molecule has 0 amide bonds. The van der Waals surface area contributed by atoms with E-state index in [2.05, 4.69) is 6.58 Å². The molecule has 0 aliphatic rings. The van der Waals surface area contributed by atoms with E-state index in [0.717, 1.165) is 0 Å². The van der Waals surface area contributed by atoms with Crippen LogP contribution in [0.15, 0.2) is 36.9 Å². The third-order valence-corrected chi connectivity index (χ3v) is 1.84. The average Bonchev–Trinajstić information content (AvgIpc) is 2.29. The lowest BCUT2D eigenvalue weighted by Gasteiger charge is -2.04. The zero-order valence-electron chi connectivity index (χ0n) is 8.18. The van der Waals surface area contributed by atoms with Gasteiger partial charge in [0, 0.05) is 0 Å². The van der Waals surface area contributed by atoms with Gasteiger partial charge in [-0.2, -0.15) is 10.5 Å². The minimum Gasteiger partial charge on any atom is -0.490 e. The monoisotopic (exact) mass is 198 g/mol. The molecule has 0 aliphatic carbocycles. The highest BCUT2D eigenvalue weighted by atomic mass is 16.5. The Labute approximate surface area is 88.8 Å². The van der Waals surface area contributed by atoms with Crippen LogP contribution >= 0.6 is 0 Å². The second kappa shape index (κ2) is 5.47. The van der Waals surface area contributed by atoms with Crippen LogP contribution in [0.3, 0.4) is 0 Å². The normalized spacial score (nSPS) is 9.00. The lowest BCUT2D eigenvalue weighted by Crippen LogP contribution is -1.94. The van der Waals surface area contributed by atoms with Crippen molar-refractivity contribution in [3.63, 3.8) is 0 Å². The molecule has 3 nitrogen and oxygen atoms in total. The first-order valence-corrected chi connectivity index (χ1v) is 4.44. The molecule has 1 rings (SSSR count). The summed E-state index contributed by atoms with van der Waals surface area (Å²) in [5, 5.41) is 17.3. The highest BCUT2D eigenvalue weighted by Gasteiger charge is 2.08. The van der Waals surface area contributed by atoms with Crippen LogP contribution in [0.4, 0.5) is 0 Å². The van der Waals surface area contributed by atoms with Crippen LogP contribution in [0.5, 0.6) is 5.75 Å². The summed E-state index contributed by atoms with van der Waals surface area (Å²) in [5.41, 5.74) is 0.686. The van der Waals surface area contributed by atoms with Crippen molar-refractivity contribution in [3.05, 3.63) is 42.5 Å². The molecule has 0 atom stereocenters. The maximum absolute atomic E-state index is 8.67. The number of hydrogen-bond donors (Lipinski definition) is 0. The standard InChI is InChI=1S/C12H10N2O/c1-2-7-15-12-5-3-10(4-6-12)11(8-13)9-14/h2-6,11H,1,7H2. The summed E-state index contributed by atoms with van der Waals surface area (Å²) in [6.07, 6.45) is 1.65. The molecule has 0 fully saturated rings. The molecule has 74 valence electrons. The molecule has 0 saturated carbocycles. The van der Waals surface area contributed by atoms with Gasteiger partial charge >= 0.3 is 0 Å². The van der Waals surface area contributed by atoms with Gasteiger partial charge in [-0.05, 0) is 17.7 Å². The predicted molar refractivity (Wildman–Crippen MR) is 56.1 cm³/mol. The molecule has 0 spiro atoms. The van der Waals surface area contributed by atoms with Crippen molar-refractivity contribution < 1.29 is 4.74 Å². The van der Waals surface area contributed by atoms with Gasteiger partial charge in [-0.15, -0.1) is 0 Å². The van der Waals surface area contributed by atoms with Crippen LogP contribution in [-0.4, -0.2) is 6.61 Å². The van der Waals surface area contributed by atoms with E-state index in [9.17, 15) is 0 Å². The summed E-state index contributed by atoms with van der Waals surface area (Å²) < 4.78 is 5.27. The van der Waals surface area contributed by atoms with E-state index in [4.69, 9.17) is 15.3 Å². The summed E-state index contributed by atoms with van der Waals surface area (Å²) >= 11 is 0. The SMILES string of the molecule is C=CCOc1ccc(C(C#N)C#N)cc1. The van der Waals surface area contributed by atoms with Gasteiger partial charge in [-0.25, -0.2) is 0 Å². The summed E-state index contributed by atoms with van der Waals surface area (Å²) in [4.78, 5) is 0. The third-order valence-electron chi connectivity index (χ3n) is 1.84. The molecule has 0 saturated heterocycles. The van der Waals surface area contributed by atoms with Crippen LogP contribution in [-0.2, 0) is 0 Å². The second-order valence-electron chi connectivity index (χ2n) is 2.86. The molecule has 0 aromatic heterocycles. The molecule has 0 N–H and O–H groups in total. The molecular formula is C12H10N2O. The van der Waals surface area contributed by atoms with Crippen molar-refractivity contribution in [2.24, 2.45) is 0 Å². The molecule has 0 heterocycles. The van der Waals surface area contributed by atoms with E-state index in [1.807, 2.05) is 12.1 Å². The van der Waals surface area contributed by atoms with E-state index < -0.39 is 5.92 Å². The number of ether oxygens (including phenoxy) is 1. The second-order valence-corrected chi connectivity index (χ2v) is 2.86. The fourth-order valence-electron chi connectivity index (χ4n) is 1.09. The Morgan fingerprint density at radius 3 is 2.33 bits per heavy atom. The van der Waals surface area contributed by atoms with Crippen LogP contribution in [0.25, 0.3) is 0 Å². The van der Waals surface area contributed by atoms with Crippen molar-refractivity contribution in [1.29, 1.82) is 10.5 Å². The smallest absolute Gasteiger partial charge is 0.158 e. The van der Waals surface area contributed by atoms with E-state index in [-0.39, 0.29) is 0 Å². The zero-order valence-corrected chi connectivity index (χ0v) is 8.18. The molecule has 0 aliphatic heterocycles. The minimum atomic E-state index is -0.710. The third kappa shape index (κ3) is 2.86. The van der Waals surface area contributed by atoms with Crippen molar-refractivity contribution in [2.45, 2.75) is 5.92 Å². The largest absolute Gasteiger partial charge is 0.490 e. The lowest BCUT2D eigenvalue weighted by molar-refractivity contribution is 0.363. The van der Waals surface area contributed by atoms with Crippen LogP contribution < -0.4 is 4.74 Å². The average molecular weight is 198 g/mol. The zero-order chi connectivity index (χ0) is 11.1. The molecular weight excluding hydrogens is 188 g/mol. The van der Waals surface area contributed by atoms with Crippen molar-refractivity contribution in [1.82, 2.24) is 0 Å². The van der Waals surface area contributed by atoms with E-state index in [1.54, 1.807) is 30.3 Å². The molecule has 0 unspecified atom stereocenters. The molecule has 1 aromatic carbocycles. The number of rotatable bonds is 4. The topological polar surface area (TPSA) is 56.8 Å². The molecule has 0 bridgehead atoms. The minimum absolute atomic E-state index is 0.444. The quantitative estimate of drug-likeness (QED) is 0.698. The van der Waals surface area contributed by atoms with Crippen LogP contribution in [0.1, 0.15) is 11.5 Å². The summed E-state index contributed by atoms with van der Waals surface area (Å²) in [6.45, 7) is 3.98. The lowest BCUT2D eigenvalue weighted by atomic mass is 10.0. The van der Waals surface area contributed by atoms with Crippen molar-refractivity contribution in [2.75, 3.05) is 6.61 Å². The van der Waals surface area contributed by atoms with Gasteiger partial charge < -0.3 is 4.74 Å². The molecule has 3 heteroatoms. The first kappa shape index (κ1) is 10.8. The highest BCUT2D eigenvalue weighted by Crippen LogP contribution is 2.18. The number of nitriles is 2. The van der Waals surface area contributed by atoms with Gasteiger partial charge in [0.1, 0.15) is 12.4 Å². The molecule has 1 aromatic rings. The number of nitrogens with zero attached hydrogens (tertiary/aromatic N) is 2. The maximum Gasteiger partial charge on any atom is 0.158 e. The Kier molecular flexibility index (Phi) is 3.94. The summed E-state index contributed by atoms with van der Waals surface area (Å²) in [7, 11) is 0. The van der Waals surface area contributed by atoms with Gasteiger partial charge in [0.05, 0.1) is 12.1 Å². The highest BCUT2D eigenvalue weighted by molar-refractivity contribution is 5.35. The Balaban J connectivity index is 2.77. The van der Waals surface area contributed by atoms with Crippen LogP contribution in [0, 0.1) is 22.7 Å². The Bertz CT molecular complexity index is 395. The Hall–Kier alpha value is -2.26. The summed E-state index contributed by atoms with van der Waals surface area (Å²) in [5.74, 6) is -0.00765. The number of hydrogen-bond acceptors (Lipinski definition) is 3. The van der Waals surface area contributed by atoms with E-state index in [0.29, 0.717) is 17.9 Å². The van der Waals surface area contributed by atoms with Gasteiger partial charge in [0.25, 0.3) is 0 Å². The first-order chi connectivity index (χ1) is 7.31. The maximum atomic E-state index is 8.67. The fourth-order valence-corrected chi connectivity index (χ4v) is 1.09.